The fraction of sp³-hybridized carbons (Fsp3) is 0.333. The highest BCUT2D eigenvalue weighted by Gasteiger charge is 2.15. The number of H-pyrrole nitrogens is 1. The quantitative estimate of drug-likeness (QED) is 0.858. The Balaban J connectivity index is 2.10. The van der Waals surface area contributed by atoms with E-state index in [0.717, 1.165) is 14.8 Å². The minimum absolute atomic E-state index is 0.123. The first-order chi connectivity index (χ1) is 8.58. The molecule has 0 aliphatic heterocycles. The van der Waals surface area contributed by atoms with Crippen molar-refractivity contribution in [1.29, 1.82) is 0 Å². The zero-order valence-electron chi connectivity index (χ0n) is 10.1. The molecular weight excluding hydrogens is 360 g/mol. The summed E-state index contributed by atoms with van der Waals surface area (Å²) in [6, 6.07) is 6.52. The van der Waals surface area contributed by atoms with E-state index in [9.17, 15) is 0 Å². The summed E-state index contributed by atoms with van der Waals surface area (Å²) in [5, 5.41) is 10.2. The average Bonchev–Trinajstić information content (AvgIpc) is 2.81. The minimum atomic E-state index is 0.123. The number of benzene rings is 1. The summed E-state index contributed by atoms with van der Waals surface area (Å²) in [6.07, 6.45) is 1.52. The van der Waals surface area contributed by atoms with Gasteiger partial charge in [-0.1, -0.05) is 37.9 Å². The number of nitrogens with zero attached hydrogens (tertiary/aromatic N) is 2. The lowest BCUT2D eigenvalue weighted by molar-refractivity contribution is 0.476. The van der Waals surface area contributed by atoms with Gasteiger partial charge in [-0.05, 0) is 31.5 Å². The number of hydrogen-bond donors (Lipinski definition) is 2. The summed E-state index contributed by atoms with van der Waals surface area (Å²) in [5.41, 5.74) is 1.21. The van der Waals surface area contributed by atoms with E-state index in [-0.39, 0.29) is 12.1 Å². The van der Waals surface area contributed by atoms with Crippen molar-refractivity contribution >= 4 is 31.9 Å². The molecule has 0 bridgehead atoms. The molecule has 18 heavy (non-hydrogen) atoms. The van der Waals surface area contributed by atoms with Crippen LogP contribution in [-0.2, 0) is 0 Å². The minimum Gasteiger partial charge on any atom is -0.301 e. The van der Waals surface area contributed by atoms with Crippen LogP contribution in [0.15, 0.2) is 33.5 Å². The normalized spacial score (nSPS) is 14.4. The van der Waals surface area contributed by atoms with Crippen molar-refractivity contribution in [2.24, 2.45) is 0 Å². The number of rotatable bonds is 4. The predicted octanol–water partition coefficient (Wildman–Crippen LogP) is 3.74. The van der Waals surface area contributed by atoms with Crippen molar-refractivity contribution in [2.75, 3.05) is 0 Å². The first-order valence-electron chi connectivity index (χ1n) is 5.64. The summed E-state index contributed by atoms with van der Waals surface area (Å²) in [7, 11) is 0. The highest BCUT2D eigenvalue weighted by Crippen LogP contribution is 2.27. The van der Waals surface area contributed by atoms with Gasteiger partial charge in [0.2, 0.25) is 0 Å². The van der Waals surface area contributed by atoms with Crippen LogP contribution in [0.2, 0.25) is 0 Å². The molecule has 96 valence electrons. The summed E-state index contributed by atoms with van der Waals surface area (Å²) in [5.74, 6) is 0.843. The van der Waals surface area contributed by atoms with Crippen LogP contribution < -0.4 is 5.32 Å². The third-order valence-electron chi connectivity index (χ3n) is 2.77. The lowest BCUT2D eigenvalue weighted by atomic mass is 10.1. The topological polar surface area (TPSA) is 53.6 Å². The van der Waals surface area contributed by atoms with Crippen LogP contribution in [0.4, 0.5) is 0 Å². The predicted molar refractivity (Wildman–Crippen MR) is 78.2 cm³/mol. The molecule has 2 unspecified atom stereocenters. The van der Waals surface area contributed by atoms with Gasteiger partial charge in [-0.2, -0.15) is 5.10 Å². The second-order valence-corrected chi connectivity index (χ2v) is 5.92. The average molecular weight is 374 g/mol. The summed E-state index contributed by atoms with van der Waals surface area (Å²) < 4.78 is 2.15. The van der Waals surface area contributed by atoms with Gasteiger partial charge >= 0.3 is 0 Å². The molecule has 2 aromatic rings. The van der Waals surface area contributed by atoms with Crippen LogP contribution in [0.25, 0.3) is 0 Å². The maximum absolute atomic E-state index is 4.15. The molecule has 0 spiro atoms. The second-order valence-electron chi connectivity index (χ2n) is 4.15. The number of nitrogens with one attached hydrogen (secondary N) is 2. The Kier molecular flexibility index (Phi) is 4.53. The van der Waals surface area contributed by atoms with E-state index < -0.39 is 0 Å². The fourth-order valence-corrected chi connectivity index (χ4v) is 3.21. The summed E-state index contributed by atoms with van der Waals surface area (Å²) in [6.45, 7) is 4.19. The zero-order valence-corrected chi connectivity index (χ0v) is 13.3. The molecule has 6 heteroatoms. The highest BCUT2D eigenvalue weighted by molar-refractivity contribution is 9.11. The number of aromatic amines is 1. The highest BCUT2D eigenvalue weighted by atomic mass is 79.9. The van der Waals surface area contributed by atoms with Gasteiger partial charge in [-0.15, -0.1) is 0 Å². The molecule has 4 nitrogen and oxygen atoms in total. The van der Waals surface area contributed by atoms with Crippen LogP contribution in [0.3, 0.4) is 0 Å². The van der Waals surface area contributed by atoms with Crippen molar-refractivity contribution in [3.8, 4) is 0 Å². The van der Waals surface area contributed by atoms with Crippen LogP contribution in [0.1, 0.15) is 37.3 Å². The molecule has 0 aliphatic carbocycles. The van der Waals surface area contributed by atoms with Crippen molar-refractivity contribution in [1.82, 2.24) is 20.5 Å². The molecule has 0 amide bonds. The Labute approximate surface area is 123 Å². The van der Waals surface area contributed by atoms with E-state index in [2.05, 4.69) is 72.3 Å². The van der Waals surface area contributed by atoms with Crippen molar-refractivity contribution in [3.05, 3.63) is 44.9 Å². The third-order valence-corrected chi connectivity index (χ3v) is 3.95. The molecule has 0 radical (unpaired) electrons. The largest absolute Gasteiger partial charge is 0.301 e. The van der Waals surface area contributed by atoms with Gasteiger partial charge in [-0.25, -0.2) is 4.98 Å². The van der Waals surface area contributed by atoms with E-state index in [1.54, 1.807) is 0 Å². The molecule has 0 fully saturated rings. The molecule has 0 saturated heterocycles. The van der Waals surface area contributed by atoms with Crippen LogP contribution in [-0.4, -0.2) is 15.2 Å². The lowest BCUT2D eigenvalue weighted by Gasteiger charge is -2.20. The van der Waals surface area contributed by atoms with E-state index >= 15 is 0 Å². The molecule has 0 aliphatic rings. The van der Waals surface area contributed by atoms with Gasteiger partial charge in [-0.3, -0.25) is 5.10 Å². The Morgan fingerprint density at radius 1 is 1.22 bits per heavy atom. The number of hydrogen-bond acceptors (Lipinski definition) is 3. The van der Waals surface area contributed by atoms with Gasteiger partial charge < -0.3 is 5.32 Å². The first-order valence-corrected chi connectivity index (χ1v) is 7.23. The Morgan fingerprint density at radius 2 is 2.00 bits per heavy atom. The lowest BCUT2D eigenvalue weighted by Crippen LogP contribution is -2.23. The van der Waals surface area contributed by atoms with Gasteiger partial charge in [0.25, 0.3) is 0 Å². The van der Waals surface area contributed by atoms with E-state index in [1.165, 1.54) is 11.9 Å². The van der Waals surface area contributed by atoms with E-state index in [4.69, 9.17) is 0 Å². The fourth-order valence-electron chi connectivity index (χ4n) is 1.82. The molecule has 2 atom stereocenters. The smallest absolute Gasteiger partial charge is 0.141 e. The van der Waals surface area contributed by atoms with E-state index in [0.29, 0.717) is 0 Å². The van der Waals surface area contributed by atoms with Crippen molar-refractivity contribution in [3.63, 3.8) is 0 Å². The number of halogens is 2. The Morgan fingerprint density at radius 3 is 2.61 bits per heavy atom. The standard InChI is InChI=1S/C12H14Br2N4/c1-7(10-4-3-9(13)5-11(10)14)17-8(2)12-15-6-16-18-12/h3-8,17H,1-2H3,(H,15,16,18). The van der Waals surface area contributed by atoms with Crippen molar-refractivity contribution < 1.29 is 0 Å². The molecule has 0 saturated carbocycles. The molecule has 1 aromatic carbocycles. The first kappa shape index (κ1) is 13.7. The monoisotopic (exact) mass is 372 g/mol. The van der Waals surface area contributed by atoms with Crippen LogP contribution in [0, 0.1) is 0 Å². The second kappa shape index (κ2) is 5.95. The maximum Gasteiger partial charge on any atom is 0.141 e. The Hall–Kier alpha value is -0.720. The molecular formula is C12H14Br2N4. The molecule has 1 aromatic heterocycles. The van der Waals surface area contributed by atoms with Gasteiger partial charge in [0.15, 0.2) is 0 Å². The van der Waals surface area contributed by atoms with Gasteiger partial charge in [0, 0.05) is 15.0 Å². The van der Waals surface area contributed by atoms with Crippen LogP contribution in [0.5, 0.6) is 0 Å². The van der Waals surface area contributed by atoms with Gasteiger partial charge in [0.05, 0.1) is 6.04 Å². The van der Waals surface area contributed by atoms with Gasteiger partial charge in [0.1, 0.15) is 12.2 Å². The molecule has 2 N–H and O–H groups in total. The van der Waals surface area contributed by atoms with E-state index in [1.807, 2.05) is 12.1 Å². The SMILES string of the molecule is CC(NC(C)c1ccc(Br)cc1Br)c1ncn[nH]1. The molecule has 2 rings (SSSR count). The summed E-state index contributed by atoms with van der Waals surface area (Å²) >= 11 is 7.03. The van der Waals surface area contributed by atoms with Crippen LogP contribution >= 0.6 is 31.9 Å². The summed E-state index contributed by atoms with van der Waals surface area (Å²) in [4.78, 5) is 4.15. The van der Waals surface area contributed by atoms with Crippen molar-refractivity contribution in [2.45, 2.75) is 25.9 Å². The Bertz CT molecular complexity index is 513. The number of aromatic nitrogens is 3. The third kappa shape index (κ3) is 3.18. The molecule has 1 heterocycles. The maximum atomic E-state index is 4.15. The zero-order chi connectivity index (χ0) is 13.1.